The van der Waals surface area contributed by atoms with Gasteiger partial charge in [-0.15, -0.1) is 0 Å². The van der Waals surface area contributed by atoms with E-state index in [1.165, 1.54) is 12.5 Å². The van der Waals surface area contributed by atoms with Crippen molar-refractivity contribution in [1.29, 1.82) is 0 Å². The fraction of sp³-hybridized carbons (Fsp3) is 0. The molecule has 2 rings (SSSR count). The van der Waals surface area contributed by atoms with Crippen LogP contribution in [0.5, 0.6) is 0 Å². The van der Waals surface area contributed by atoms with E-state index in [2.05, 4.69) is 9.40 Å². The predicted octanol–water partition coefficient (Wildman–Crippen LogP) is 1.30. The van der Waals surface area contributed by atoms with Crippen LogP contribution in [-0.2, 0) is 0 Å². The maximum absolute atomic E-state index is 10.0. The molecule has 0 fully saturated rings. The molecule has 0 unspecified atom stereocenters. The summed E-state index contributed by atoms with van der Waals surface area (Å²) < 4.78 is 4.31. The fourth-order valence-electron chi connectivity index (χ4n) is 0.720. The second-order valence-corrected chi connectivity index (χ2v) is 2.41. The van der Waals surface area contributed by atoms with Gasteiger partial charge in [-0.25, -0.2) is 4.79 Å². The molecule has 0 amide bonds. The lowest BCUT2D eigenvalue weighted by atomic mass is 10.3. The quantitative estimate of drug-likeness (QED) is 0.636. The van der Waals surface area contributed by atoms with Gasteiger partial charge in [-0.3, -0.25) is 4.98 Å². The lowest BCUT2D eigenvalue weighted by Gasteiger charge is -1.83. The molecule has 0 saturated heterocycles. The number of hydrogen-bond donors (Lipinski definition) is 1. The van der Waals surface area contributed by atoms with Crippen LogP contribution in [0.3, 0.4) is 0 Å². The lowest BCUT2D eigenvalue weighted by molar-refractivity contribution is 0.502. The molecule has 4 heteroatoms. The molecule has 0 spiro atoms. The molecule has 14 heavy (non-hydrogen) atoms. The first kappa shape index (κ1) is 9.98. The molecule has 0 atom stereocenters. The van der Waals surface area contributed by atoms with Crippen molar-refractivity contribution in [1.82, 2.24) is 4.98 Å². The molecule has 1 heterocycles. The van der Waals surface area contributed by atoms with Crippen LogP contribution in [0.1, 0.15) is 0 Å². The number of anilines is 1. The molecule has 0 aliphatic rings. The Morgan fingerprint density at radius 3 is 2.21 bits per heavy atom. The monoisotopic (exact) mass is 190 g/mol. The van der Waals surface area contributed by atoms with Gasteiger partial charge in [0.15, 0.2) is 0 Å². The van der Waals surface area contributed by atoms with E-state index in [1.54, 1.807) is 0 Å². The number of nitrogen functional groups attached to an aromatic ring is 1. The number of nitrogens with zero attached hydrogens (tertiary/aromatic N) is 1. The molecule has 1 aromatic heterocycles. The topological polar surface area (TPSA) is 69.1 Å². The predicted molar refractivity (Wildman–Crippen MR) is 53.6 cm³/mol. The van der Waals surface area contributed by atoms with Gasteiger partial charge in [-0.1, -0.05) is 18.2 Å². The van der Waals surface area contributed by atoms with Crippen molar-refractivity contribution in [3.8, 4) is 0 Å². The van der Waals surface area contributed by atoms with Crippen molar-refractivity contribution in [2.75, 3.05) is 5.73 Å². The second kappa shape index (κ2) is 5.53. The summed E-state index contributed by atoms with van der Waals surface area (Å²) in [5.41, 5.74) is 5.77. The Labute approximate surface area is 81.0 Å². The van der Waals surface area contributed by atoms with Crippen molar-refractivity contribution in [2.45, 2.75) is 0 Å². The number of para-hydroxylation sites is 1. The molecule has 0 aliphatic heterocycles. The Kier molecular flexibility index (Phi) is 3.94. The molecule has 2 aromatic rings. The van der Waals surface area contributed by atoms with Crippen molar-refractivity contribution in [3.63, 3.8) is 0 Å². The van der Waals surface area contributed by atoms with Gasteiger partial charge in [0.2, 0.25) is 0 Å². The summed E-state index contributed by atoms with van der Waals surface area (Å²) in [5.74, 6) is 0. The maximum Gasteiger partial charge on any atom is 0.354 e. The molecule has 1 aromatic carbocycles. The van der Waals surface area contributed by atoms with Crippen molar-refractivity contribution in [3.05, 3.63) is 59.4 Å². The van der Waals surface area contributed by atoms with Crippen LogP contribution < -0.4 is 11.4 Å². The summed E-state index contributed by atoms with van der Waals surface area (Å²) in [6, 6.07) is 9.49. The van der Waals surface area contributed by atoms with E-state index < -0.39 is 5.63 Å². The molecule has 4 nitrogen and oxygen atoms in total. The first-order valence-electron chi connectivity index (χ1n) is 3.98. The van der Waals surface area contributed by atoms with E-state index in [1.807, 2.05) is 30.3 Å². The third kappa shape index (κ3) is 4.06. The average molecular weight is 190 g/mol. The minimum atomic E-state index is -0.414. The van der Waals surface area contributed by atoms with Crippen LogP contribution >= 0.6 is 0 Å². The lowest BCUT2D eigenvalue weighted by Crippen LogP contribution is -1.93. The molecule has 0 radical (unpaired) electrons. The van der Waals surface area contributed by atoms with Crippen LogP contribution in [0, 0.1) is 0 Å². The van der Waals surface area contributed by atoms with E-state index in [4.69, 9.17) is 5.73 Å². The van der Waals surface area contributed by atoms with E-state index >= 15 is 0 Å². The van der Waals surface area contributed by atoms with Gasteiger partial charge in [0.1, 0.15) is 12.5 Å². The zero-order valence-corrected chi connectivity index (χ0v) is 7.46. The Bertz CT molecular complexity index is 394. The zero-order chi connectivity index (χ0) is 10.2. The molecule has 72 valence electrons. The van der Waals surface area contributed by atoms with Crippen LogP contribution in [0.25, 0.3) is 0 Å². The van der Waals surface area contributed by atoms with E-state index in [0.717, 1.165) is 11.9 Å². The van der Waals surface area contributed by atoms with Gasteiger partial charge in [0.05, 0.1) is 6.20 Å². The van der Waals surface area contributed by atoms with E-state index in [9.17, 15) is 4.79 Å². The summed E-state index contributed by atoms with van der Waals surface area (Å²) in [7, 11) is 0. The standard InChI is InChI=1S/C6H7N.C4H3NO2/c7-6-4-2-1-3-5-6;6-4-3-5-1-2-7-4/h1-5H,7H2;1-3H. The van der Waals surface area contributed by atoms with Crippen LogP contribution in [0.4, 0.5) is 5.69 Å². The Hall–Kier alpha value is -2.10. The molecular formula is C10H10N2O2. The maximum atomic E-state index is 10.0. The van der Waals surface area contributed by atoms with Crippen molar-refractivity contribution < 1.29 is 4.42 Å². The highest BCUT2D eigenvalue weighted by atomic mass is 16.4. The molecular weight excluding hydrogens is 180 g/mol. The minimum Gasteiger partial charge on any atom is -0.429 e. The highest BCUT2D eigenvalue weighted by Gasteiger charge is 1.74. The number of rotatable bonds is 0. The van der Waals surface area contributed by atoms with Crippen LogP contribution in [0.2, 0.25) is 0 Å². The summed E-state index contributed by atoms with van der Waals surface area (Å²) in [6.07, 6.45) is 3.75. The number of benzene rings is 1. The summed E-state index contributed by atoms with van der Waals surface area (Å²) >= 11 is 0. The first-order chi connectivity index (χ1) is 6.79. The third-order valence-corrected chi connectivity index (χ3v) is 1.31. The highest BCUT2D eigenvalue weighted by Crippen LogP contribution is 1.95. The molecule has 0 saturated carbocycles. The largest absolute Gasteiger partial charge is 0.429 e. The van der Waals surface area contributed by atoms with Gasteiger partial charge >= 0.3 is 5.63 Å². The summed E-state index contributed by atoms with van der Waals surface area (Å²) in [5, 5.41) is 0. The van der Waals surface area contributed by atoms with Crippen molar-refractivity contribution in [2.24, 2.45) is 0 Å². The Morgan fingerprint density at radius 2 is 1.93 bits per heavy atom. The second-order valence-electron chi connectivity index (χ2n) is 2.41. The molecule has 0 bridgehead atoms. The third-order valence-electron chi connectivity index (χ3n) is 1.31. The van der Waals surface area contributed by atoms with Crippen LogP contribution in [0.15, 0.2) is 58.2 Å². The number of aromatic nitrogens is 1. The minimum absolute atomic E-state index is 0.414. The van der Waals surface area contributed by atoms with Crippen molar-refractivity contribution >= 4 is 5.69 Å². The fourth-order valence-corrected chi connectivity index (χ4v) is 0.720. The number of nitrogens with two attached hydrogens (primary N) is 1. The van der Waals surface area contributed by atoms with E-state index in [0.29, 0.717) is 0 Å². The van der Waals surface area contributed by atoms with Gasteiger partial charge in [-0.05, 0) is 12.1 Å². The summed E-state index contributed by atoms with van der Waals surface area (Å²) in [4.78, 5) is 13.5. The molecule has 0 aliphatic carbocycles. The van der Waals surface area contributed by atoms with Crippen LogP contribution in [-0.4, -0.2) is 4.98 Å². The zero-order valence-electron chi connectivity index (χ0n) is 7.46. The van der Waals surface area contributed by atoms with Gasteiger partial charge in [-0.2, -0.15) is 0 Å². The van der Waals surface area contributed by atoms with Gasteiger partial charge < -0.3 is 10.2 Å². The smallest absolute Gasteiger partial charge is 0.354 e. The van der Waals surface area contributed by atoms with E-state index in [-0.39, 0.29) is 0 Å². The average Bonchev–Trinajstić information content (AvgIpc) is 2.21. The van der Waals surface area contributed by atoms with Gasteiger partial charge in [0, 0.05) is 5.69 Å². The Morgan fingerprint density at radius 1 is 1.21 bits per heavy atom. The van der Waals surface area contributed by atoms with Gasteiger partial charge in [0.25, 0.3) is 0 Å². The summed E-state index contributed by atoms with van der Waals surface area (Å²) in [6.45, 7) is 0. The normalized spacial score (nSPS) is 8.57. The first-order valence-corrected chi connectivity index (χ1v) is 3.98. The Balaban J connectivity index is 0.000000140. The molecule has 2 N–H and O–H groups in total. The highest BCUT2D eigenvalue weighted by molar-refractivity contribution is 5.35. The number of hydrogen-bond acceptors (Lipinski definition) is 4. The SMILES string of the molecule is Nc1ccccc1.O=c1cncco1.